The van der Waals surface area contributed by atoms with Crippen LogP contribution in [0.4, 0.5) is 5.69 Å². The normalized spacial score (nSPS) is 10.8. The van der Waals surface area contributed by atoms with E-state index in [-0.39, 0.29) is 55.7 Å². The van der Waals surface area contributed by atoms with Crippen LogP contribution in [-0.4, -0.2) is 39.1 Å². The van der Waals surface area contributed by atoms with Gasteiger partial charge in [0.15, 0.2) is 9.84 Å². The van der Waals surface area contributed by atoms with Crippen LogP contribution in [0.2, 0.25) is 0 Å². The van der Waals surface area contributed by atoms with E-state index in [1.165, 1.54) is 4.90 Å². The van der Waals surface area contributed by atoms with Gasteiger partial charge >= 0.3 is 0 Å². The van der Waals surface area contributed by atoms with Gasteiger partial charge in [-0.05, 0) is 24.1 Å². The van der Waals surface area contributed by atoms with Gasteiger partial charge in [-0.2, -0.15) is 5.26 Å². The van der Waals surface area contributed by atoms with Crippen molar-refractivity contribution in [2.45, 2.75) is 31.4 Å². The number of hydrogen-bond acceptors (Lipinski definition) is 5. The van der Waals surface area contributed by atoms with Crippen molar-refractivity contribution in [3.63, 3.8) is 0 Å². The Labute approximate surface area is 183 Å². The highest BCUT2D eigenvalue weighted by molar-refractivity contribution is 7.90. The Hall–Kier alpha value is -3.18. The molecule has 2 aromatic rings. The van der Waals surface area contributed by atoms with Crippen molar-refractivity contribution in [1.29, 1.82) is 5.26 Å². The first-order valence-electron chi connectivity index (χ1n) is 10.1. The SMILES string of the molecule is N#CCCN(C(=O)CCC(=O)NCCCS(=O)(=O)Cc1ccccc1)c1ccccc1. The molecule has 2 rings (SSSR count). The smallest absolute Gasteiger partial charge is 0.227 e. The Balaban J connectivity index is 1.73. The van der Waals surface area contributed by atoms with Crippen molar-refractivity contribution in [3.05, 3.63) is 66.2 Å². The summed E-state index contributed by atoms with van der Waals surface area (Å²) in [6, 6.07) is 20.0. The fourth-order valence-electron chi connectivity index (χ4n) is 3.03. The van der Waals surface area contributed by atoms with Gasteiger partial charge in [-0.3, -0.25) is 9.59 Å². The molecule has 2 amide bonds. The molecular weight excluding hydrogens is 414 g/mol. The number of para-hydroxylation sites is 1. The van der Waals surface area contributed by atoms with Crippen LogP contribution in [0.3, 0.4) is 0 Å². The quantitative estimate of drug-likeness (QED) is 0.510. The van der Waals surface area contributed by atoms with E-state index < -0.39 is 9.84 Å². The van der Waals surface area contributed by atoms with Gasteiger partial charge in [-0.25, -0.2) is 8.42 Å². The summed E-state index contributed by atoms with van der Waals surface area (Å²) in [7, 11) is -3.25. The van der Waals surface area contributed by atoms with Crippen LogP contribution in [-0.2, 0) is 25.2 Å². The summed E-state index contributed by atoms with van der Waals surface area (Å²) < 4.78 is 24.3. The van der Waals surface area contributed by atoms with Crippen molar-refractivity contribution in [2.24, 2.45) is 0 Å². The minimum atomic E-state index is -3.25. The van der Waals surface area contributed by atoms with Crippen molar-refractivity contribution < 1.29 is 18.0 Å². The molecule has 0 spiro atoms. The minimum Gasteiger partial charge on any atom is -0.356 e. The maximum Gasteiger partial charge on any atom is 0.227 e. The largest absolute Gasteiger partial charge is 0.356 e. The number of nitrogens with one attached hydrogen (secondary N) is 1. The van der Waals surface area contributed by atoms with E-state index in [4.69, 9.17) is 5.26 Å². The maximum atomic E-state index is 12.5. The molecule has 2 aromatic carbocycles. The van der Waals surface area contributed by atoms with Crippen LogP contribution in [0, 0.1) is 11.3 Å². The van der Waals surface area contributed by atoms with Crippen molar-refractivity contribution in [3.8, 4) is 6.07 Å². The Morgan fingerprint density at radius 1 is 0.968 bits per heavy atom. The zero-order chi connectivity index (χ0) is 22.5. The molecule has 0 atom stereocenters. The van der Waals surface area contributed by atoms with Crippen LogP contribution in [0.25, 0.3) is 0 Å². The van der Waals surface area contributed by atoms with E-state index in [2.05, 4.69) is 5.32 Å². The molecule has 0 aliphatic rings. The third-order valence-corrected chi connectivity index (χ3v) is 6.25. The van der Waals surface area contributed by atoms with Crippen LogP contribution in [0.5, 0.6) is 0 Å². The molecule has 0 heterocycles. The summed E-state index contributed by atoms with van der Waals surface area (Å²) >= 11 is 0. The number of sulfone groups is 1. The first-order valence-corrected chi connectivity index (χ1v) is 12.0. The Morgan fingerprint density at radius 2 is 1.61 bits per heavy atom. The van der Waals surface area contributed by atoms with E-state index >= 15 is 0 Å². The fourth-order valence-corrected chi connectivity index (χ4v) is 4.46. The Kier molecular flexibility index (Phi) is 9.72. The number of carbonyl (C=O) groups is 2. The number of amides is 2. The lowest BCUT2D eigenvalue weighted by molar-refractivity contribution is -0.125. The van der Waals surface area contributed by atoms with Crippen LogP contribution < -0.4 is 10.2 Å². The predicted octanol–water partition coefficient (Wildman–Crippen LogP) is 2.83. The Bertz CT molecular complexity index is 986. The molecule has 0 aliphatic heterocycles. The summed E-state index contributed by atoms with van der Waals surface area (Å²) in [5.74, 6) is -0.574. The van der Waals surface area contributed by atoms with Crippen LogP contribution in [0.1, 0.15) is 31.2 Å². The molecule has 1 N–H and O–H groups in total. The van der Waals surface area contributed by atoms with Crippen molar-refractivity contribution >= 4 is 27.3 Å². The molecule has 31 heavy (non-hydrogen) atoms. The fraction of sp³-hybridized carbons (Fsp3) is 0.348. The molecule has 8 heteroatoms. The summed E-state index contributed by atoms with van der Waals surface area (Å²) in [4.78, 5) is 26.1. The van der Waals surface area contributed by atoms with Crippen LogP contribution in [0.15, 0.2) is 60.7 Å². The molecule has 164 valence electrons. The highest BCUT2D eigenvalue weighted by Gasteiger charge is 2.17. The first kappa shape index (κ1) is 24.1. The Morgan fingerprint density at radius 3 is 2.26 bits per heavy atom. The average Bonchev–Trinajstić information content (AvgIpc) is 2.76. The number of anilines is 1. The molecule has 0 fully saturated rings. The van der Waals surface area contributed by atoms with Crippen molar-refractivity contribution in [2.75, 3.05) is 23.7 Å². The molecule has 7 nitrogen and oxygen atoms in total. The van der Waals surface area contributed by atoms with Gasteiger partial charge in [0.05, 0.1) is 24.0 Å². The summed E-state index contributed by atoms with van der Waals surface area (Å²) in [5.41, 5.74) is 1.43. The average molecular weight is 442 g/mol. The van der Waals surface area contributed by atoms with Crippen molar-refractivity contribution in [1.82, 2.24) is 5.32 Å². The van der Waals surface area contributed by atoms with E-state index in [1.54, 1.807) is 48.5 Å². The zero-order valence-electron chi connectivity index (χ0n) is 17.4. The van der Waals surface area contributed by atoms with Crippen LogP contribution >= 0.6 is 0 Å². The van der Waals surface area contributed by atoms with Gasteiger partial charge in [-0.1, -0.05) is 48.5 Å². The lowest BCUT2D eigenvalue weighted by Crippen LogP contribution is -2.33. The number of hydrogen-bond donors (Lipinski definition) is 1. The number of nitriles is 1. The second-order valence-electron chi connectivity index (χ2n) is 7.07. The standard InChI is InChI=1S/C23H27N3O4S/c24-15-7-17-26(21-11-5-2-6-12-21)23(28)14-13-22(27)25-16-8-18-31(29,30)19-20-9-3-1-4-10-20/h1-6,9-12H,7-8,13-14,16-19H2,(H,25,27). The second-order valence-corrected chi connectivity index (χ2v) is 9.25. The first-order chi connectivity index (χ1) is 14.9. The number of benzene rings is 2. The molecule has 0 unspecified atom stereocenters. The number of carbonyl (C=O) groups excluding carboxylic acids is 2. The van der Waals surface area contributed by atoms with E-state index in [0.29, 0.717) is 12.1 Å². The number of nitrogens with zero attached hydrogens (tertiary/aromatic N) is 2. The molecular formula is C23H27N3O4S. The summed E-state index contributed by atoms with van der Waals surface area (Å²) in [6.07, 6.45) is 0.529. The lowest BCUT2D eigenvalue weighted by Gasteiger charge is -2.21. The monoisotopic (exact) mass is 441 g/mol. The molecule has 0 aromatic heterocycles. The van der Waals surface area contributed by atoms with Gasteiger partial charge in [0.25, 0.3) is 0 Å². The third-order valence-electron chi connectivity index (χ3n) is 4.57. The van der Waals surface area contributed by atoms with E-state index in [9.17, 15) is 18.0 Å². The maximum absolute atomic E-state index is 12.5. The van der Waals surface area contributed by atoms with E-state index in [0.717, 1.165) is 5.56 Å². The second kappa shape index (κ2) is 12.5. The topological polar surface area (TPSA) is 107 Å². The molecule has 0 saturated heterocycles. The predicted molar refractivity (Wildman–Crippen MR) is 120 cm³/mol. The highest BCUT2D eigenvalue weighted by Crippen LogP contribution is 2.15. The molecule has 0 bridgehead atoms. The summed E-state index contributed by atoms with van der Waals surface area (Å²) in [5, 5.41) is 11.5. The van der Waals surface area contributed by atoms with Gasteiger partial charge in [0.2, 0.25) is 11.8 Å². The molecule has 0 saturated carbocycles. The zero-order valence-corrected chi connectivity index (χ0v) is 18.2. The van der Waals surface area contributed by atoms with Gasteiger partial charge in [0.1, 0.15) is 0 Å². The third kappa shape index (κ3) is 9.01. The van der Waals surface area contributed by atoms with E-state index in [1.807, 2.05) is 18.2 Å². The number of rotatable bonds is 12. The lowest BCUT2D eigenvalue weighted by atomic mass is 10.2. The highest BCUT2D eigenvalue weighted by atomic mass is 32.2. The molecule has 0 radical (unpaired) electrons. The van der Waals surface area contributed by atoms with Gasteiger partial charge in [0, 0.05) is 31.6 Å². The summed E-state index contributed by atoms with van der Waals surface area (Å²) in [6.45, 7) is 0.498. The van der Waals surface area contributed by atoms with Gasteiger partial charge in [-0.15, -0.1) is 0 Å². The minimum absolute atomic E-state index is 0.00544. The van der Waals surface area contributed by atoms with Gasteiger partial charge < -0.3 is 10.2 Å². The molecule has 0 aliphatic carbocycles.